The molecule has 0 N–H and O–H groups in total. The van der Waals surface area contributed by atoms with Crippen molar-refractivity contribution in [3.05, 3.63) is 24.2 Å². The summed E-state index contributed by atoms with van der Waals surface area (Å²) in [7, 11) is -1.10. The van der Waals surface area contributed by atoms with Crippen molar-refractivity contribution >= 4 is 14.0 Å². The van der Waals surface area contributed by atoms with E-state index in [1.54, 1.807) is 12.5 Å². The maximum atomic E-state index is 11.7. The topological polar surface area (TPSA) is 39.4 Å². The van der Waals surface area contributed by atoms with Crippen molar-refractivity contribution in [3.63, 3.8) is 0 Å². The van der Waals surface area contributed by atoms with Crippen molar-refractivity contribution in [3.8, 4) is 0 Å². The highest BCUT2D eigenvalue weighted by molar-refractivity contribution is 6.76. The van der Waals surface area contributed by atoms with Crippen LogP contribution in [0.3, 0.4) is 0 Å². The Morgan fingerprint density at radius 3 is 2.89 bits per heavy atom. The standard InChI is InChI=1S/C14H22O3Si/c1-18(2,3)7-6-17-14(15)9-12-8-13(12)11-4-5-16-10-11/h4-5,10,12-13H,6-9H2,1-3H3. The highest BCUT2D eigenvalue weighted by Crippen LogP contribution is 2.49. The highest BCUT2D eigenvalue weighted by atomic mass is 28.3. The Morgan fingerprint density at radius 2 is 2.28 bits per heavy atom. The number of carbonyl (C=O) groups excluding carboxylic acids is 1. The quantitative estimate of drug-likeness (QED) is 0.583. The van der Waals surface area contributed by atoms with Crippen LogP contribution in [0.15, 0.2) is 23.0 Å². The summed E-state index contributed by atoms with van der Waals surface area (Å²) in [6.07, 6.45) is 5.11. The van der Waals surface area contributed by atoms with E-state index in [1.165, 1.54) is 5.56 Å². The van der Waals surface area contributed by atoms with E-state index < -0.39 is 8.07 Å². The summed E-state index contributed by atoms with van der Waals surface area (Å²) >= 11 is 0. The van der Waals surface area contributed by atoms with Gasteiger partial charge in [0.15, 0.2) is 0 Å². The van der Waals surface area contributed by atoms with Crippen molar-refractivity contribution in [2.75, 3.05) is 6.61 Å². The van der Waals surface area contributed by atoms with E-state index in [-0.39, 0.29) is 5.97 Å². The van der Waals surface area contributed by atoms with Crippen molar-refractivity contribution in [2.24, 2.45) is 5.92 Å². The van der Waals surface area contributed by atoms with E-state index in [9.17, 15) is 4.79 Å². The molecule has 0 amide bonds. The third-order valence-corrected chi connectivity index (χ3v) is 5.14. The molecule has 2 atom stereocenters. The summed E-state index contributed by atoms with van der Waals surface area (Å²) in [6.45, 7) is 7.46. The molecule has 0 radical (unpaired) electrons. The molecule has 1 saturated carbocycles. The van der Waals surface area contributed by atoms with Gasteiger partial charge in [0.05, 0.1) is 19.1 Å². The molecule has 1 aromatic rings. The molecule has 0 saturated heterocycles. The van der Waals surface area contributed by atoms with Gasteiger partial charge >= 0.3 is 5.97 Å². The summed E-state index contributed by atoms with van der Waals surface area (Å²) in [5.41, 5.74) is 1.22. The Labute approximate surface area is 110 Å². The van der Waals surface area contributed by atoms with Gasteiger partial charge in [0, 0.05) is 14.5 Å². The van der Waals surface area contributed by atoms with Crippen molar-refractivity contribution < 1.29 is 13.9 Å². The van der Waals surface area contributed by atoms with E-state index in [1.807, 2.05) is 6.07 Å². The zero-order valence-corrected chi connectivity index (χ0v) is 12.4. The number of furan rings is 1. The minimum absolute atomic E-state index is 0.0377. The van der Waals surface area contributed by atoms with Gasteiger partial charge in [0.1, 0.15) is 0 Å². The lowest BCUT2D eigenvalue weighted by Crippen LogP contribution is -2.22. The second-order valence-corrected chi connectivity index (χ2v) is 12.0. The minimum Gasteiger partial charge on any atom is -0.472 e. The van der Waals surface area contributed by atoms with Crippen LogP contribution in [0, 0.1) is 5.92 Å². The molecule has 1 heterocycles. The number of rotatable bonds is 6. The number of hydrogen-bond donors (Lipinski definition) is 0. The van der Waals surface area contributed by atoms with Gasteiger partial charge in [-0.25, -0.2) is 0 Å². The maximum absolute atomic E-state index is 11.7. The summed E-state index contributed by atoms with van der Waals surface area (Å²) in [5, 5.41) is 0. The van der Waals surface area contributed by atoms with Gasteiger partial charge in [0.2, 0.25) is 0 Å². The van der Waals surface area contributed by atoms with Crippen LogP contribution in [-0.2, 0) is 9.53 Å². The van der Waals surface area contributed by atoms with Gasteiger partial charge in [-0.3, -0.25) is 4.79 Å². The molecule has 100 valence electrons. The van der Waals surface area contributed by atoms with Crippen LogP contribution < -0.4 is 0 Å². The molecule has 2 rings (SSSR count). The molecule has 3 nitrogen and oxygen atoms in total. The SMILES string of the molecule is C[Si](C)(C)CCOC(=O)CC1CC1c1ccoc1. The van der Waals surface area contributed by atoms with Crippen molar-refractivity contribution in [1.29, 1.82) is 0 Å². The maximum Gasteiger partial charge on any atom is 0.306 e. The van der Waals surface area contributed by atoms with Crippen molar-refractivity contribution in [2.45, 2.75) is 44.4 Å². The lowest BCUT2D eigenvalue weighted by atomic mass is 10.1. The predicted molar refractivity (Wildman–Crippen MR) is 73.3 cm³/mol. The summed E-state index contributed by atoms with van der Waals surface area (Å²) in [6, 6.07) is 3.04. The van der Waals surface area contributed by atoms with Gasteiger partial charge in [-0.1, -0.05) is 19.6 Å². The second kappa shape index (κ2) is 5.30. The lowest BCUT2D eigenvalue weighted by Gasteiger charge is -2.15. The van der Waals surface area contributed by atoms with E-state index >= 15 is 0 Å². The first-order valence-electron chi connectivity index (χ1n) is 6.63. The first-order valence-corrected chi connectivity index (χ1v) is 10.3. The number of ether oxygens (including phenoxy) is 1. The molecule has 0 aliphatic heterocycles. The Hall–Kier alpha value is -1.03. The first-order chi connectivity index (χ1) is 8.46. The normalized spacial score (nSPS) is 22.8. The summed E-state index contributed by atoms with van der Waals surface area (Å²) in [4.78, 5) is 11.7. The zero-order valence-electron chi connectivity index (χ0n) is 11.4. The van der Waals surface area contributed by atoms with Crippen LogP contribution in [0.2, 0.25) is 25.7 Å². The molecular weight excluding hydrogens is 244 g/mol. The third kappa shape index (κ3) is 4.01. The van der Waals surface area contributed by atoms with Gasteiger partial charge in [-0.15, -0.1) is 0 Å². The van der Waals surface area contributed by atoms with Crippen LogP contribution in [0.4, 0.5) is 0 Å². The van der Waals surface area contributed by atoms with Crippen molar-refractivity contribution in [1.82, 2.24) is 0 Å². The molecule has 1 fully saturated rings. The molecular formula is C14H22O3Si. The number of carbonyl (C=O) groups is 1. The monoisotopic (exact) mass is 266 g/mol. The Balaban J connectivity index is 1.65. The van der Waals surface area contributed by atoms with E-state index in [2.05, 4.69) is 19.6 Å². The number of esters is 1. The Morgan fingerprint density at radius 1 is 1.50 bits per heavy atom. The molecule has 1 aromatic heterocycles. The molecule has 2 unspecified atom stereocenters. The van der Waals surface area contributed by atoms with Crippen LogP contribution >= 0.6 is 0 Å². The summed E-state index contributed by atoms with van der Waals surface area (Å²) < 4.78 is 10.4. The van der Waals surface area contributed by atoms with Gasteiger partial charge in [0.25, 0.3) is 0 Å². The van der Waals surface area contributed by atoms with Gasteiger partial charge < -0.3 is 9.15 Å². The predicted octanol–water partition coefficient (Wildman–Crippen LogP) is 3.65. The van der Waals surface area contributed by atoms with Crippen LogP contribution in [0.1, 0.15) is 24.3 Å². The summed E-state index contributed by atoms with van der Waals surface area (Å²) in [5.74, 6) is 0.930. The van der Waals surface area contributed by atoms with E-state index in [0.717, 1.165) is 12.5 Å². The molecule has 1 aliphatic carbocycles. The molecule has 18 heavy (non-hydrogen) atoms. The second-order valence-electron chi connectivity index (χ2n) is 6.39. The molecule has 1 aliphatic rings. The number of hydrogen-bond acceptors (Lipinski definition) is 3. The fourth-order valence-corrected chi connectivity index (χ4v) is 2.83. The van der Waals surface area contributed by atoms with Crippen LogP contribution in [-0.4, -0.2) is 20.7 Å². The van der Waals surface area contributed by atoms with Crippen LogP contribution in [0.25, 0.3) is 0 Å². The van der Waals surface area contributed by atoms with Gasteiger partial charge in [-0.2, -0.15) is 0 Å². The highest BCUT2D eigenvalue weighted by Gasteiger charge is 2.40. The smallest absolute Gasteiger partial charge is 0.306 e. The van der Waals surface area contributed by atoms with Gasteiger partial charge in [-0.05, 0) is 35.9 Å². The Kier molecular flexibility index (Phi) is 3.95. The van der Waals surface area contributed by atoms with Crippen LogP contribution in [0.5, 0.6) is 0 Å². The average molecular weight is 266 g/mol. The molecule has 4 heteroatoms. The Bertz CT molecular complexity index is 392. The fourth-order valence-electron chi connectivity index (χ4n) is 2.11. The third-order valence-electron chi connectivity index (χ3n) is 3.44. The average Bonchev–Trinajstić information content (AvgIpc) is 2.80. The molecule has 0 spiro atoms. The molecule has 0 bridgehead atoms. The lowest BCUT2D eigenvalue weighted by molar-refractivity contribution is -0.143. The fraction of sp³-hybridized carbons (Fsp3) is 0.643. The largest absolute Gasteiger partial charge is 0.472 e. The van der Waals surface area contributed by atoms with E-state index in [4.69, 9.17) is 9.15 Å². The van der Waals surface area contributed by atoms with E-state index in [0.29, 0.717) is 24.9 Å². The zero-order chi connectivity index (χ0) is 13.2. The minimum atomic E-state index is -1.10. The molecule has 0 aromatic carbocycles. The first kappa shape index (κ1) is 13.4.